The Kier molecular flexibility index (Phi) is 5.84. The second-order valence-electron chi connectivity index (χ2n) is 7.28. The van der Waals surface area contributed by atoms with Crippen molar-refractivity contribution in [3.8, 4) is 0 Å². The van der Waals surface area contributed by atoms with Crippen LogP contribution in [0.25, 0.3) is 0 Å². The predicted molar refractivity (Wildman–Crippen MR) is 92.4 cm³/mol. The van der Waals surface area contributed by atoms with E-state index in [0.717, 1.165) is 57.5 Å². The van der Waals surface area contributed by atoms with Gasteiger partial charge in [-0.25, -0.2) is 4.98 Å². The lowest BCUT2D eigenvalue weighted by Crippen LogP contribution is -2.47. The highest BCUT2D eigenvalue weighted by Gasteiger charge is 2.33. The Morgan fingerprint density at radius 2 is 1.72 bits per heavy atom. The number of piperazine rings is 1. The number of hydrogen-bond acceptors (Lipinski definition) is 4. The van der Waals surface area contributed by atoms with Gasteiger partial charge in [0.15, 0.2) is 0 Å². The average molecular weight is 356 g/mol. The molecule has 1 aromatic rings. The molecule has 2 fully saturated rings. The first-order valence-corrected chi connectivity index (χ1v) is 9.19. The fraction of sp³-hybridized carbons (Fsp3) is 0.722. The molecule has 0 amide bonds. The van der Waals surface area contributed by atoms with Gasteiger partial charge in [0.25, 0.3) is 0 Å². The van der Waals surface area contributed by atoms with Gasteiger partial charge >= 0.3 is 6.18 Å². The van der Waals surface area contributed by atoms with E-state index in [-0.39, 0.29) is 0 Å². The van der Waals surface area contributed by atoms with Crippen molar-refractivity contribution in [1.29, 1.82) is 0 Å². The van der Waals surface area contributed by atoms with Crippen LogP contribution in [-0.4, -0.2) is 48.6 Å². The van der Waals surface area contributed by atoms with Crippen molar-refractivity contribution < 1.29 is 13.2 Å². The number of nitrogens with two attached hydrogens (primary N) is 1. The molecule has 0 spiro atoms. The Hall–Kier alpha value is -1.34. The van der Waals surface area contributed by atoms with Crippen molar-refractivity contribution in [1.82, 2.24) is 9.88 Å². The zero-order valence-electron chi connectivity index (χ0n) is 14.5. The number of halogens is 3. The molecule has 1 saturated heterocycles. The standard InChI is InChI=1S/C18H27F3N4/c19-18(20,21)16-2-1-3-17(23-16)25-12-10-24(11-13-25)9-8-14-4-6-15(22)7-5-14/h1-3,14-15H,4-13,22H2. The summed E-state index contributed by atoms with van der Waals surface area (Å²) in [5.74, 6) is 1.21. The molecule has 7 heteroatoms. The molecule has 2 N–H and O–H groups in total. The topological polar surface area (TPSA) is 45.4 Å². The van der Waals surface area contributed by atoms with E-state index in [0.29, 0.717) is 11.9 Å². The van der Waals surface area contributed by atoms with E-state index in [9.17, 15) is 13.2 Å². The average Bonchev–Trinajstić information content (AvgIpc) is 2.61. The normalized spacial score (nSPS) is 26.0. The van der Waals surface area contributed by atoms with Crippen molar-refractivity contribution in [2.24, 2.45) is 11.7 Å². The van der Waals surface area contributed by atoms with Crippen molar-refractivity contribution in [3.63, 3.8) is 0 Å². The molecular weight excluding hydrogens is 329 g/mol. The van der Waals surface area contributed by atoms with Crippen molar-refractivity contribution in [3.05, 3.63) is 23.9 Å². The Morgan fingerprint density at radius 3 is 2.36 bits per heavy atom. The number of alkyl halides is 3. The van der Waals surface area contributed by atoms with Crippen LogP contribution in [0.5, 0.6) is 0 Å². The highest BCUT2D eigenvalue weighted by molar-refractivity contribution is 5.40. The Labute approximate surface area is 147 Å². The zero-order valence-corrected chi connectivity index (χ0v) is 14.5. The van der Waals surface area contributed by atoms with Gasteiger partial charge in [0.05, 0.1) is 0 Å². The minimum Gasteiger partial charge on any atom is -0.354 e. The molecule has 0 radical (unpaired) electrons. The van der Waals surface area contributed by atoms with Crippen LogP contribution in [0.3, 0.4) is 0 Å². The van der Waals surface area contributed by atoms with Gasteiger partial charge in [0.2, 0.25) is 0 Å². The summed E-state index contributed by atoms with van der Waals surface area (Å²) in [7, 11) is 0. The number of pyridine rings is 1. The van der Waals surface area contributed by atoms with Crippen LogP contribution in [0.4, 0.5) is 19.0 Å². The summed E-state index contributed by atoms with van der Waals surface area (Å²) in [6, 6.07) is 4.51. The van der Waals surface area contributed by atoms with Crippen LogP contribution >= 0.6 is 0 Å². The van der Waals surface area contributed by atoms with Crippen LogP contribution < -0.4 is 10.6 Å². The second kappa shape index (κ2) is 7.91. The molecule has 0 unspecified atom stereocenters. The summed E-state index contributed by atoms with van der Waals surface area (Å²) < 4.78 is 38.4. The molecule has 1 saturated carbocycles. The maximum absolute atomic E-state index is 12.8. The van der Waals surface area contributed by atoms with Crippen LogP contribution in [0.2, 0.25) is 0 Å². The van der Waals surface area contributed by atoms with Gasteiger partial charge in [-0.15, -0.1) is 0 Å². The van der Waals surface area contributed by atoms with Crippen LogP contribution in [0.1, 0.15) is 37.8 Å². The fourth-order valence-electron chi connectivity index (χ4n) is 3.80. The molecule has 4 nitrogen and oxygen atoms in total. The SMILES string of the molecule is NC1CCC(CCN2CCN(c3cccc(C(F)(F)F)n3)CC2)CC1. The third kappa shape index (κ3) is 5.07. The lowest BCUT2D eigenvalue weighted by atomic mass is 9.84. The second-order valence-corrected chi connectivity index (χ2v) is 7.28. The molecule has 2 aliphatic rings. The molecule has 1 aromatic heterocycles. The molecule has 1 aliphatic carbocycles. The molecule has 0 atom stereocenters. The van der Waals surface area contributed by atoms with E-state index in [2.05, 4.69) is 9.88 Å². The third-order valence-corrected chi connectivity index (χ3v) is 5.47. The molecule has 140 valence electrons. The summed E-state index contributed by atoms with van der Waals surface area (Å²) in [4.78, 5) is 8.15. The number of hydrogen-bond donors (Lipinski definition) is 1. The monoisotopic (exact) mass is 356 g/mol. The Balaban J connectivity index is 1.46. The lowest BCUT2D eigenvalue weighted by molar-refractivity contribution is -0.141. The van der Waals surface area contributed by atoms with E-state index in [4.69, 9.17) is 5.73 Å². The maximum Gasteiger partial charge on any atom is 0.433 e. The molecule has 2 heterocycles. The van der Waals surface area contributed by atoms with E-state index in [1.54, 1.807) is 6.07 Å². The minimum atomic E-state index is -4.39. The molecule has 0 bridgehead atoms. The first kappa shape index (κ1) is 18.5. The van der Waals surface area contributed by atoms with Crippen molar-refractivity contribution >= 4 is 5.82 Å². The number of aromatic nitrogens is 1. The van der Waals surface area contributed by atoms with Gasteiger partial charge in [-0.1, -0.05) is 6.07 Å². The zero-order chi connectivity index (χ0) is 17.9. The van der Waals surface area contributed by atoms with E-state index in [1.807, 2.05) is 4.90 Å². The summed E-state index contributed by atoms with van der Waals surface area (Å²) in [5.41, 5.74) is 5.13. The van der Waals surface area contributed by atoms with E-state index in [1.165, 1.54) is 25.3 Å². The first-order valence-electron chi connectivity index (χ1n) is 9.19. The van der Waals surface area contributed by atoms with E-state index >= 15 is 0 Å². The first-order chi connectivity index (χ1) is 11.9. The predicted octanol–water partition coefficient (Wildman–Crippen LogP) is 3.13. The van der Waals surface area contributed by atoms with Gasteiger partial charge in [0, 0.05) is 32.2 Å². The summed E-state index contributed by atoms with van der Waals surface area (Å²) in [6.45, 7) is 4.28. The molecular formula is C18H27F3N4. The number of anilines is 1. The molecule has 1 aliphatic heterocycles. The van der Waals surface area contributed by atoms with Crippen LogP contribution in [0.15, 0.2) is 18.2 Å². The summed E-state index contributed by atoms with van der Waals surface area (Å²) in [6.07, 6.45) is 1.55. The van der Waals surface area contributed by atoms with Crippen molar-refractivity contribution in [2.45, 2.75) is 44.3 Å². The smallest absolute Gasteiger partial charge is 0.354 e. The van der Waals surface area contributed by atoms with Gasteiger partial charge in [-0.3, -0.25) is 4.90 Å². The number of rotatable bonds is 4. The van der Waals surface area contributed by atoms with Gasteiger partial charge in [-0.05, 0) is 56.7 Å². The molecule has 0 aromatic carbocycles. The fourth-order valence-corrected chi connectivity index (χ4v) is 3.80. The summed E-state index contributed by atoms with van der Waals surface area (Å²) >= 11 is 0. The Bertz CT molecular complexity index is 547. The van der Waals surface area contributed by atoms with Crippen LogP contribution in [0, 0.1) is 5.92 Å². The highest BCUT2D eigenvalue weighted by atomic mass is 19.4. The largest absolute Gasteiger partial charge is 0.433 e. The maximum atomic E-state index is 12.8. The summed E-state index contributed by atoms with van der Waals surface area (Å²) in [5, 5.41) is 0. The van der Waals surface area contributed by atoms with Gasteiger partial charge in [0.1, 0.15) is 11.5 Å². The van der Waals surface area contributed by atoms with Crippen molar-refractivity contribution in [2.75, 3.05) is 37.6 Å². The highest BCUT2D eigenvalue weighted by Crippen LogP contribution is 2.29. The van der Waals surface area contributed by atoms with Gasteiger partial charge < -0.3 is 10.6 Å². The van der Waals surface area contributed by atoms with Crippen LogP contribution in [-0.2, 0) is 6.18 Å². The Morgan fingerprint density at radius 1 is 1.04 bits per heavy atom. The third-order valence-electron chi connectivity index (χ3n) is 5.47. The quantitative estimate of drug-likeness (QED) is 0.900. The lowest BCUT2D eigenvalue weighted by Gasteiger charge is -2.36. The number of nitrogens with zero attached hydrogens (tertiary/aromatic N) is 3. The minimum absolute atomic E-state index is 0.389. The molecule has 25 heavy (non-hydrogen) atoms. The molecule has 3 rings (SSSR count). The van der Waals surface area contributed by atoms with Gasteiger partial charge in [-0.2, -0.15) is 13.2 Å². The van der Waals surface area contributed by atoms with E-state index < -0.39 is 11.9 Å².